The molecule has 2 rings (SSSR count). The standard InChI is InChI=1S/C15H17ClO/c1-15(2,9-10-17)13-7-8-14(16)12-6-4-3-5-11(12)13/h3-8,17H,9-10H2,1-2H3. The Morgan fingerprint density at radius 2 is 1.71 bits per heavy atom. The van der Waals surface area contributed by atoms with E-state index in [1.54, 1.807) is 0 Å². The normalized spacial score (nSPS) is 12.0. The fourth-order valence-corrected chi connectivity index (χ4v) is 2.49. The van der Waals surface area contributed by atoms with Crippen LogP contribution in [0.1, 0.15) is 25.8 Å². The first-order valence-electron chi connectivity index (χ1n) is 5.85. The van der Waals surface area contributed by atoms with Gasteiger partial charge in [-0.15, -0.1) is 0 Å². The molecule has 0 aliphatic heterocycles. The lowest BCUT2D eigenvalue weighted by atomic mass is 9.79. The second-order valence-corrected chi connectivity index (χ2v) is 5.41. The molecule has 90 valence electrons. The second kappa shape index (κ2) is 4.67. The van der Waals surface area contributed by atoms with Crippen molar-refractivity contribution in [2.45, 2.75) is 25.7 Å². The highest BCUT2D eigenvalue weighted by atomic mass is 35.5. The molecule has 17 heavy (non-hydrogen) atoms. The Bertz CT molecular complexity index is 531. The summed E-state index contributed by atoms with van der Waals surface area (Å²) in [4.78, 5) is 0. The molecule has 0 bridgehead atoms. The molecular weight excluding hydrogens is 232 g/mol. The van der Waals surface area contributed by atoms with Crippen LogP contribution in [-0.2, 0) is 5.41 Å². The Morgan fingerprint density at radius 3 is 2.35 bits per heavy atom. The number of hydrogen-bond acceptors (Lipinski definition) is 1. The number of rotatable bonds is 3. The number of halogens is 1. The summed E-state index contributed by atoms with van der Waals surface area (Å²) in [6.07, 6.45) is 0.749. The number of aliphatic hydroxyl groups is 1. The second-order valence-electron chi connectivity index (χ2n) is 5.00. The molecule has 1 nitrogen and oxygen atoms in total. The third-order valence-electron chi connectivity index (χ3n) is 3.34. The Balaban J connectivity index is 2.67. The van der Waals surface area contributed by atoms with Gasteiger partial charge in [-0.25, -0.2) is 0 Å². The first-order chi connectivity index (χ1) is 8.06. The van der Waals surface area contributed by atoms with E-state index in [1.807, 2.05) is 24.3 Å². The van der Waals surface area contributed by atoms with Crippen LogP contribution in [0.2, 0.25) is 5.02 Å². The van der Waals surface area contributed by atoms with Crippen molar-refractivity contribution >= 4 is 22.4 Å². The topological polar surface area (TPSA) is 20.2 Å². The average Bonchev–Trinajstić information content (AvgIpc) is 2.29. The molecular formula is C15H17ClO. The maximum absolute atomic E-state index is 9.16. The van der Waals surface area contributed by atoms with Crippen molar-refractivity contribution in [2.24, 2.45) is 0 Å². The van der Waals surface area contributed by atoms with E-state index >= 15 is 0 Å². The molecule has 0 spiro atoms. The summed E-state index contributed by atoms with van der Waals surface area (Å²) in [5.41, 5.74) is 1.20. The molecule has 0 heterocycles. The van der Waals surface area contributed by atoms with Crippen molar-refractivity contribution in [1.29, 1.82) is 0 Å². The Kier molecular flexibility index (Phi) is 3.41. The van der Waals surface area contributed by atoms with E-state index in [9.17, 15) is 0 Å². The first-order valence-corrected chi connectivity index (χ1v) is 6.22. The van der Waals surface area contributed by atoms with Gasteiger partial charge in [0.05, 0.1) is 0 Å². The highest BCUT2D eigenvalue weighted by Crippen LogP contribution is 2.35. The number of aliphatic hydroxyl groups excluding tert-OH is 1. The molecule has 2 aromatic carbocycles. The Hall–Kier alpha value is -1.05. The van der Waals surface area contributed by atoms with Crippen molar-refractivity contribution in [3.63, 3.8) is 0 Å². The van der Waals surface area contributed by atoms with Crippen LogP contribution >= 0.6 is 11.6 Å². The molecule has 0 aliphatic rings. The molecule has 0 aliphatic carbocycles. The van der Waals surface area contributed by atoms with E-state index in [2.05, 4.69) is 26.0 Å². The van der Waals surface area contributed by atoms with Crippen molar-refractivity contribution in [2.75, 3.05) is 6.61 Å². The lowest BCUT2D eigenvalue weighted by Gasteiger charge is -2.26. The Morgan fingerprint density at radius 1 is 1.06 bits per heavy atom. The van der Waals surface area contributed by atoms with Crippen LogP contribution < -0.4 is 0 Å². The molecule has 2 aromatic rings. The molecule has 0 unspecified atom stereocenters. The van der Waals surface area contributed by atoms with Gasteiger partial charge in [-0.1, -0.05) is 55.8 Å². The summed E-state index contributed by atoms with van der Waals surface area (Å²) < 4.78 is 0. The first kappa shape index (κ1) is 12.4. The smallest absolute Gasteiger partial charge is 0.0484 e. The van der Waals surface area contributed by atoms with Crippen LogP contribution in [0.25, 0.3) is 10.8 Å². The molecule has 0 saturated carbocycles. The van der Waals surface area contributed by atoms with E-state index in [0.717, 1.165) is 16.8 Å². The molecule has 1 N–H and O–H groups in total. The van der Waals surface area contributed by atoms with Crippen LogP contribution in [0.15, 0.2) is 36.4 Å². The van der Waals surface area contributed by atoms with Crippen molar-refractivity contribution in [3.8, 4) is 0 Å². The maximum atomic E-state index is 9.16. The fraction of sp³-hybridized carbons (Fsp3) is 0.333. The van der Waals surface area contributed by atoms with E-state index in [0.29, 0.717) is 0 Å². The van der Waals surface area contributed by atoms with Gasteiger partial charge in [0.25, 0.3) is 0 Å². The number of benzene rings is 2. The molecule has 0 aromatic heterocycles. The zero-order valence-electron chi connectivity index (χ0n) is 10.2. The van der Waals surface area contributed by atoms with Crippen LogP contribution in [0.5, 0.6) is 0 Å². The minimum absolute atomic E-state index is 0.0427. The summed E-state index contributed by atoms with van der Waals surface area (Å²) in [5.74, 6) is 0. The minimum atomic E-state index is -0.0427. The van der Waals surface area contributed by atoms with Crippen molar-refractivity contribution in [3.05, 3.63) is 47.0 Å². The van der Waals surface area contributed by atoms with Gasteiger partial charge in [0, 0.05) is 17.0 Å². The summed E-state index contributed by atoms with van der Waals surface area (Å²) in [6.45, 7) is 4.50. The third kappa shape index (κ3) is 2.31. The highest BCUT2D eigenvalue weighted by Gasteiger charge is 2.22. The van der Waals surface area contributed by atoms with Crippen molar-refractivity contribution in [1.82, 2.24) is 0 Å². The van der Waals surface area contributed by atoms with Crippen LogP contribution in [-0.4, -0.2) is 11.7 Å². The van der Waals surface area contributed by atoms with Gasteiger partial charge in [-0.05, 0) is 28.9 Å². The fourth-order valence-electron chi connectivity index (χ4n) is 2.27. The molecule has 0 radical (unpaired) electrons. The van der Waals surface area contributed by atoms with Crippen molar-refractivity contribution < 1.29 is 5.11 Å². The molecule has 0 fully saturated rings. The third-order valence-corrected chi connectivity index (χ3v) is 3.67. The quantitative estimate of drug-likeness (QED) is 0.865. The SMILES string of the molecule is CC(C)(CCO)c1ccc(Cl)c2ccccc12. The van der Waals surface area contributed by atoms with E-state index in [1.165, 1.54) is 10.9 Å². The summed E-state index contributed by atoms with van der Waals surface area (Å²) in [5, 5.41) is 12.2. The van der Waals surface area contributed by atoms with Crippen LogP contribution in [0.4, 0.5) is 0 Å². The van der Waals surface area contributed by atoms with E-state index in [4.69, 9.17) is 16.7 Å². The van der Waals surface area contributed by atoms with Gasteiger partial charge in [0.2, 0.25) is 0 Å². The summed E-state index contributed by atoms with van der Waals surface area (Å²) >= 11 is 6.21. The predicted octanol–water partition coefficient (Wildman–Crippen LogP) is 4.15. The summed E-state index contributed by atoms with van der Waals surface area (Å²) in [6, 6.07) is 12.2. The van der Waals surface area contributed by atoms with Gasteiger partial charge in [0.1, 0.15) is 0 Å². The van der Waals surface area contributed by atoms with Crippen LogP contribution in [0.3, 0.4) is 0 Å². The van der Waals surface area contributed by atoms with E-state index < -0.39 is 0 Å². The molecule has 0 saturated heterocycles. The maximum Gasteiger partial charge on any atom is 0.0484 e. The highest BCUT2D eigenvalue weighted by molar-refractivity contribution is 6.35. The number of fused-ring (bicyclic) bond motifs is 1. The largest absolute Gasteiger partial charge is 0.396 e. The molecule has 2 heteroatoms. The summed E-state index contributed by atoms with van der Waals surface area (Å²) in [7, 11) is 0. The predicted molar refractivity (Wildman–Crippen MR) is 73.7 cm³/mol. The molecule has 0 atom stereocenters. The van der Waals surface area contributed by atoms with Gasteiger partial charge < -0.3 is 5.11 Å². The van der Waals surface area contributed by atoms with Gasteiger partial charge in [-0.3, -0.25) is 0 Å². The number of hydrogen-bond donors (Lipinski definition) is 1. The van der Waals surface area contributed by atoms with E-state index in [-0.39, 0.29) is 12.0 Å². The average molecular weight is 249 g/mol. The van der Waals surface area contributed by atoms with Gasteiger partial charge in [-0.2, -0.15) is 0 Å². The lowest BCUT2D eigenvalue weighted by molar-refractivity contribution is 0.253. The minimum Gasteiger partial charge on any atom is -0.396 e. The van der Waals surface area contributed by atoms with Gasteiger partial charge in [0.15, 0.2) is 0 Å². The lowest BCUT2D eigenvalue weighted by Crippen LogP contribution is -2.19. The zero-order valence-corrected chi connectivity index (χ0v) is 11.0. The zero-order chi connectivity index (χ0) is 12.5. The van der Waals surface area contributed by atoms with Gasteiger partial charge >= 0.3 is 0 Å². The van der Waals surface area contributed by atoms with Crippen LogP contribution in [0, 0.1) is 0 Å². The Labute approximate surface area is 107 Å². The molecule has 0 amide bonds. The monoisotopic (exact) mass is 248 g/mol.